The maximum atomic E-state index is 5.84. The first-order valence-corrected chi connectivity index (χ1v) is 6.37. The van der Waals surface area contributed by atoms with Crippen LogP contribution >= 0.6 is 0 Å². The van der Waals surface area contributed by atoms with Gasteiger partial charge in [-0.15, -0.1) is 0 Å². The van der Waals surface area contributed by atoms with Crippen molar-refractivity contribution in [3.8, 4) is 5.75 Å². The van der Waals surface area contributed by atoms with E-state index in [1.165, 1.54) is 11.1 Å². The van der Waals surface area contributed by atoms with Gasteiger partial charge in [0.05, 0.1) is 6.54 Å². The Balaban J connectivity index is 1.97. The lowest BCUT2D eigenvalue weighted by molar-refractivity contribution is 0.289. The van der Waals surface area contributed by atoms with Gasteiger partial charge in [0.25, 0.3) is 0 Å². The van der Waals surface area contributed by atoms with Crippen molar-refractivity contribution in [3.63, 3.8) is 0 Å². The van der Waals surface area contributed by atoms with Crippen LogP contribution in [0.15, 0.2) is 36.7 Å². The van der Waals surface area contributed by atoms with Crippen LogP contribution in [0.3, 0.4) is 0 Å². The maximum absolute atomic E-state index is 5.84. The molecule has 0 fully saturated rings. The van der Waals surface area contributed by atoms with Gasteiger partial charge in [0.15, 0.2) is 0 Å². The summed E-state index contributed by atoms with van der Waals surface area (Å²) in [7, 11) is 0. The monoisotopic (exact) mass is 244 g/mol. The molecule has 0 aliphatic heterocycles. The smallest absolute Gasteiger partial charge is 0.122 e. The van der Waals surface area contributed by atoms with Crippen molar-refractivity contribution in [1.82, 2.24) is 9.78 Å². The molecule has 0 amide bonds. The summed E-state index contributed by atoms with van der Waals surface area (Å²) < 4.78 is 7.72. The predicted molar refractivity (Wildman–Crippen MR) is 73.0 cm³/mol. The van der Waals surface area contributed by atoms with Gasteiger partial charge in [-0.1, -0.05) is 26.0 Å². The molecule has 0 bridgehead atoms. The minimum absolute atomic E-state index is 0.527. The van der Waals surface area contributed by atoms with Gasteiger partial charge >= 0.3 is 0 Å². The van der Waals surface area contributed by atoms with Gasteiger partial charge in [-0.05, 0) is 36.1 Å². The Morgan fingerprint density at radius 3 is 2.83 bits per heavy atom. The summed E-state index contributed by atoms with van der Waals surface area (Å²) in [6, 6.07) is 8.35. The average molecular weight is 244 g/mol. The predicted octanol–water partition coefficient (Wildman–Crippen LogP) is 3.39. The number of hydrogen-bond donors (Lipinski definition) is 0. The van der Waals surface area contributed by atoms with Gasteiger partial charge in [-0.3, -0.25) is 4.68 Å². The average Bonchev–Trinajstić information content (AvgIpc) is 2.84. The summed E-state index contributed by atoms with van der Waals surface area (Å²) in [5, 5.41) is 4.15. The van der Waals surface area contributed by atoms with Gasteiger partial charge < -0.3 is 4.74 Å². The molecule has 0 N–H and O–H groups in total. The van der Waals surface area contributed by atoms with Crippen molar-refractivity contribution >= 4 is 0 Å². The Morgan fingerprint density at radius 1 is 1.33 bits per heavy atom. The van der Waals surface area contributed by atoms with E-state index in [4.69, 9.17) is 4.74 Å². The first kappa shape index (κ1) is 12.7. The van der Waals surface area contributed by atoms with Crippen LogP contribution in [0.25, 0.3) is 0 Å². The highest BCUT2D eigenvalue weighted by Gasteiger charge is 2.04. The van der Waals surface area contributed by atoms with Crippen LogP contribution < -0.4 is 4.74 Å². The molecule has 0 saturated heterocycles. The van der Waals surface area contributed by atoms with Crippen LogP contribution in [-0.2, 0) is 6.54 Å². The van der Waals surface area contributed by atoms with E-state index in [9.17, 15) is 0 Å². The van der Waals surface area contributed by atoms with Crippen molar-refractivity contribution in [3.05, 3.63) is 47.8 Å². The Kier molecular flexibility index (Phi) is 4.03. The van der Waals surface area contributed by atoms with Crippen LogP contribution in [0.2, 0.25) is 0 Å². The fourth-order valence-corrected chi connectivity index (χ4v) is 1.81. The molecule has 1 aromatic carbocycles. The van der Waals surface area contributed by atoms with Crippen LogP contribution in [0, 0.1) is 6.92 Å². The van der Waals surface area contributed by atoms with E-state index in [1.54, 1.807) is 6.20 Å². The lowest BCUT2D eigenvalue weighted by atomic mass is 10.0. The van der Waals surface area contributed by atoms with Gasteiger partial charge in [-0.2, -0.15) is 5.10 Å². The fourth-order valence-electron chi connectivity index (χ4n) is 1.81. The zero-order chi connectivity index (χ0) is 13.0. The Morgan fingerprint density at radius 2 is 2.17 bits per heavy atom. The molecule has 1 heterocycles. The fraction of sp³-hybridized carbons (Fsp3) is 0.400. The number of aromatic nitrogens is 2. The lowest BCUT2D eigenvalue weighted by Crippen LogP contribution is -2.09. The number of ether oxygens (including phenoxy) is 1. The maximum Gasteiger partial charge on any atom is 0.122 e. The van der Waals surface area contributed by atoms with Crippen LogP contribution in [0.4, 0.5) is 0 Å². The van der Waals surface area contributed by atoms with Gasteiger partial charge in [-0.25, -0.2) is 0 Å². The molecule has 0 unspecified atom stereocenters. The minimum Gasteiger partial charge on any atom is -0.491 e. The van der Waals surface area contributed by atoms with Crippen molar-refractivity contribution in [2.45, 2.75) is 33.2 Å². The van der Waals surface area contributed by atoms with E-state index in [0.717, 1.165) is 12.3 Å². The highest BCUT2D eigenvalue weighted by molar-refractivity contribution is 5.37. The summed E-state index contributed by atoms with van der Waals surface area (Å²) in [5.41, 5.74) is 2.49. The second kappa shape index (κ2) is 5.71. The van der Waals surface area contributed by atoms with Crippen molar-refractivity contribution in [2.24, 2.45) is 0 Å². The Labute approximate surface area is 108 Å². The summed E-state index contributed by atoms with van der Waals surface area (Å²) >= 11 is 0. The minimum atomic E-state index is 0.527. The van der Waals surface area contributed by atoms with Crippen molar-refractivity contribution < 1.29 is 4.74 Å². The zero-order valence-electron chi connectivity index (χ0n) is 11.3. The second-order valence-electron chi connectivity index (χ2n) is 4.80. The topological polar surface area (TPSA) is 27.1 Å². The number of nitrogens with zero attached hydrogens (tertiary/aromatic N) is 2. The standard InChI is InChI=1S/C15H20N2O/c1-12(2)14-6-5-13(3)15(11-14)18-10-9-17-8-4-7-16-17/h4-8,11-12H,9-10H2,1-3H3. The normalized spacial score (nSPS) is 10.9. The number of hydrogen-bond acceptors (Lipinski definition) is 2. The van der Waals surface area contributed by atoms with Gasteiger partial charge in [0.2, 0.25) is 0 Å². The van der Waals surface area contributed by atoms with E-state index in [-0.39, 0.29) is 0 Å². The highest BCUT2D eigenvalue weighted by atomic mass is 16.5. The first-order chi connectivity index (χ1) is 8.66. The third-order valence-electron chi connectivity index (χ3n) is 3.02. The first-order valence-electron chi connectivity index (χ1n) is 6.37. The van der Waals surface area contributed by atoms with Crippen molar-refractivity contribution in [1.29, 1.82) is 0 Å². The number of aryl methyl sites for hydroxylation is 1. The molecule has 2 aromatic rings. The molecule has 0 atom stereocenters. The summed E-state index contributed by atoms with van der Waals surface area (Å²) in [6.07, 6.45) is 3.73. The summed E-state index contributed by atoms with van der Waals surface area (Å²) in [5.74, 6) is 1.51. The SMILES string of the molecule is Cc1ccc(C(C)C)cc1OCCn1cccn1. The summed E-state index contributed by atoms with van der Waals surface area (Å²) in [6.45, 7) is 7.88. The molecule has 3 nitrogen and oxygen atoms in total. The third-order valence-corrected chi connectivity index (χ3v) is 3.02. The zero-order valence-corrected chi connectivity index (χ0v) is 11.3. The van der Waals surface area contributed by atoms with E-state index < -0.39 is 0 Å². The molecule has 3 heteroatoms. The second-order valence-corrected chi connectivity index (χ2v) is 4.80. The molecule has 0 radical (unpaired) electrons. The molecular weight excluding hydrogens is 224 g/mol. The van der Waals surface area contributed by atoms with Crippen LogP contribution in [0.1, 0.15) is 30.9 Å². The molecule has 0 spiro atoms. The Bertz CT molecular complexity index is 489. The molecule has 0 aliphatic carbocycles. The van der Waals surface area contributed by atoms with Crippen molar-refractivity contribution in [2.75, 3.05) is 6.61 Å². The molecule has 1 aromatic heterocycles. The molecule has 0 aliphatic rings. The van der Waals surface area contributed by atoms with Gasteiger partial charge in [0, 0.05) is 12.4 Å². The van der Waals surface area contributed by atoms with Crippen LogP contribution in [-0.4, -0.2) is 16.4 Å². The quantitative estimate of drug-likeness (QED) is 0.806. The third kappa shape index (κ3) is 3.13. The molecule has 2 rings (SSSR count). The summed E-state index contributed by atoms with van der Waals surface area (Å²) in [4.78, 5) is 0. The van der Waals surface area contributed by atoms with E-state index in [2.05, 4.69) is 44.1 Å². The van der Waals surface area contributed by atoms with Crippen LogP contribution in [0.5, 0.6) is 5.75 Å². The molecule has 18 heavy (non-hydrogen) atoms. The van der Waals surface area contributed by atoms with Gasteiger partial charge in [0.1, 0.15) is 12.4 Å². The Hall–Kier alpha value is -1.77. The van der Waals surface area contributed by atoms with E-state index >= 15 is 0 Å². The number of rotatable bonds is 5. The lowest BCUT2D eigenvalue weighted by Gasteiger charge is -2.12. The van der Waals surface area contributed by atoms with E-state index in [0.29, 0.717) is 12.5 Å². The largest absolute Gasteiger partial charge is 0.491 e. The molecule has 96 valence electrons. The molecule has 0 saturated carbocycles. The molecular formula is C15H20N2O. The number of benzene rings is 1. The van der Waals surface area contributed by atoms with E-state index in [1.807, 2.05) is 16.9 Å². The highest BCUT2D eigenvalue weighted by Crippen LogP contribution is 2.24.